The fourth-order valence-corrected chi connectivity index (χ4v) is 2.73. The highest BCUT2D eigenvalue weighted by Crippen LogP contribution is 2.41. The fraction of sp³-hybridized carbons (Fsp3) is 0.500. The van der Waals surface area contributed by atoms with Gasteiger partial charge in [-0.1, -0.05) is 25.0 Å². The van der Waals surface area contributed by atoms with E-state index in [1.165, 1.54) is 0 Å². The second kappa shape index (κ2) is 4.40. The predicted molar refractivity (Wildman–Crippen MR) is 70.1 cm³/mol. The van der Waals surface area contributed by atoms with E-state index in [2.05, 4.69) is 17.0 Å². The Bertz CT molecular complexity index is 403. The summed E-state index contributed by atoms with van der Waals surface area (Å²) in [5, 5.41) is 0. The zero-order chi connectivity index (χ0) is 12.5. The van der Waals surface area contributed by atoms with Crippen LogP contribution in [0, 0.1) is 0 Å². The van der Waals surface area contributed by atoms with Gasteiger partial charge in [0, 0.05) is 19.8 Å². The number of amides is 1. The van der Waals surface area contributed by atoms with Gasteiger partial charge in [0.1, 0.15) is 0 Å². The first-order valence-corrected chi connectivity index (χ1v) is 6.14. The van der Waals surface area contributed by atoms with E-state index >= 15 is 0 Å². The summed E-state index contributed by atoms with van der Waals surface area (Å²) in [5.41, 5.74) is 7.42. The Balaban J connectivity index is 2.35. The summed E-state index contributed by atoms with van der Waals surface area (Å²) < 4.78 is 0. The van der Waals surface area contributed by atoms with Gasteiger partial charge in [-0.2, -0.15) is 0 Å². The van der Waals surface area contributed by atoms with Crippen molar-refractivity contribution in [3.63, 3.8) is 0 Å². The van der Waals surface area contributed by atoms with Gasteiger partial charge < -0.3 is 10.6 Å². The van der Waals surface area contributed by atoms with E-state index in [1.807, 2.05) is 26.2 Å². The Hall–Kier alpha value is -1.51. The van der Waals surface area contributed by atoms with Crippen LogP contribution in [0.3, 0.4) is 0 Å². The number of carbonyl (C=O) groups excluding carboxylic acids is 1. The second-order valence-corrected chi connectivity index (χ2v) is 5.09. The molecule has 1 aromatic rings. The molecule has 0 bridgehead atoms. The Morgan fingerprint density at radius 2 is 1.71 bits per heavy atom. The molecule has 0 aromatic heterocycles. The zero-order valence-corrected chi connectivity index (χ0v) is 10.6. The second-order valence-electron chi connectivity index (χ2n) is 5.09. The Morgan fingerprint density at radius 1 is 1.18 bits per heavy atom. The first kappa shape index (κ1) is 12.0. The highest BCUT2D eigenvalue weighted by atomic mass is 16.1. The third-order valence-corrected chi connectivity index (χ3v) is 3.87. The highest BCUT2D eigenvalue weighted by Gasteiger charge is 2.40. The SMILES string of the molecule is CN(C)c1ccc(C2(C(N)=O)CCCC2)cc1. The molecular formula is C14H20N2O. The molecule has 0 unspecified atom stereocenters. The maximum absolute atomic E-state index is 11.8. The van der Waals surface area contributed by atoms with Crippen LogP contribution in [0.1, 0.15) is 31.2 Å². The molecule has 0 atom stereocenters. The summed E-state index contributed by atoms with van der Waals surface area (Å²) in [6, 6.07) is 8.20. The number of nitrogens with zero attached hydrogens (tertiary/aromatic N) is 1. The summed E-state index contributed by atoms with van der Waals surface area (Å²) in [4.78, 5) is 13.8. The average Bonchev–Trinajstić information content (AvgIpc) is 2.79. The number of benzene rings is 1. The lowest BCUT2D eigenvalue weighted by Crippen LogP contribution is -2.38. The van der Waals surface area contributed by atoms with Gasteiger partial charge in [0.2, 0.25) is 5.91 Å². The highest BCUT2D eigenvalue weighted by molar-refractivity contribution is 5.87. The third-order valence-electron chi connectivity index (χ3n) is 3.87. The van der Waals surface area contributed by atoms with Crippen LogP contribution < -0.4 is 10.6 Å². The molecule has 17 heavy (non-hydrogen) atoms. The summed E-state index contributed by atoms with van der Waals surface area (Å²) in [7, 11) is 4.02. The predicted octanol–water partition coefficient (Wildman–Crippen LogP) is 2.05. The van der Waals surface area contributed by atoms with Crippen LogP contribution in [-0.2, 0) is 10.2 Å². The maximum Gasteiger partial charge on any atom is 0.228 e. The van der Waals surface area contributed by atoms with Gasteiger partial charge in [-0.15, -0.1) is 0 Å². The minimum atomic E-state index is -0.412. The van der Waals surface area contributed by atoms with Crippen LogP contribution in [0.5, 0.6) is 0 Å². The topological polar surface area (TPSA) is 46.3 Å². The van der Waals surface area contributed by atoms with Gasteiger partial charge in [-0.3, -0.25) is 4.79 Å². The maximum atomic E-state index is 11.8. The molecule has 3 heteroatoms. The quantitative estimate of drug-likeness (QED) is 0.867. The smallest absolute Gasteiger partial charge is 0.228 e. The fourth-order valence-electron chi connectivity index (χ4n) is 2.73. The van der Waals surface area contributed by atoms with Crippen molar-refractivity contribution in [1.82, 2.24) is 0 Å². The third kappa shape index (κ3) is 2.02. The molecule has 2 rings (SSSR count). The van der Waals surface area contributed by atoms with Gasteiger partial charge in [0.25, 0.3) is 0 Å². The van der Waals surface area contributed by atoms with Gasteiger partial charge in [-0.05, 0) is 30.5 Å². The summed E-state index contributed by atoms with van der Waals surface area (Å²) in [6.07, 6.45) is 3.98. The number of carbonyl (C=O) groups is 1. The van der Waals surface area contributed by atoms with Gasteiger partial charge in [-0.25, -0.2) is 0 Å². The number of rotatable bonds is 3. The number of hydrogen-bond donors (Lipinski definition) is 1. The lowest BCUT2D eigenvalue weighted by molar-refractivity contribution is -0.123. The summed E-state index contributed by atoms with van der Waals surface area (Å²) in [6.45, 7) is 0. The molecule has 0 spiro atoms. The normalized spacial score (nSPS) is 18.0. The van der Waals surface area contributed by atoms with Crippen LogP contribution >= 0.6 is 0 Å². The lowest BCUT2D eigenvalue weighted by atomic mass is 9.78. The number of anilines is 1. The minimum Gasteiger partial charge on any atom is -0.378 e. The average molecular weight is 232 g/mol. The van der Waals surface area contributed by atoms with E-state index in [9.17, 15) is 4.79 Å². The number of hydrogen-bond acceptors (Lipinski definition) is 2. The Morgan fingerprint density at radius 3 is 2.12 bits per heavy atom. The Labute approximate surface area is 103 Å². The van der Waals surface area contributed by atoms with Crippen LogP contribution in [0.15, 0.2) is 24.3 Å². The molecule has 0 saturated heterocycles. The molecule has 2 N–H and O–H groups in total. The van der Waals surface area contributed by atoms with Crippen LogP contribution in [0.4, 0.5) is 5.69 Å². The van der Waals surface area contributed by atoms with Crippen LogP contribution in [0.25, 0.3) is 0 Å². The molecule has 92 valence electrons. The van der Waals surface area contributed by atoms with Crippen molar-refractivity contribution in [1.29, 1.82) is 0 Å². The van der Waals surface area contributed by atoms with Gasteiger partial charge >= 0.3 is 0 Å². The van der Waals surface area contributed by atoms with Gasteiger partial charge in [0.15, 0.2) is 0 Å². The molecule has 1 fully saturated rings. The molecule has 0 heterocycles. The molecule has 1 amide bonds. The van der Waals surface area contributed by atoms with Crippen LogP contribution in [0.2, 0.25) is 0 Å². The van der Waals surface area contributed by atoms with Gasteiger partial charge in [0.05, 0.1) is 5.41 Å². The monoisotopic (exact) mass is 232 g/mol. The molecule has 1 aliphatic rings. The number of nitrogens with two attached hydrogens (primary N) is 1. The molecular weight excluding hydrogens is 212 g/mol. The van der Waals surface area contributed by atoms with Crippen molar-refractivity contribution in [2.24, 2.45) is 5.73 Å². The van der Waals surface area contributed by atoms with Crippen molar-refractivity contribution in [3.8, 4) is 0 Å². The van der Waals surface area contributed by atoms with Crippen molar-refractivity contribution in [3.05, 3.63) is 29.8 Å². The van der Waals surface area contributed by atoms with E-state index in [0.717, 1.165) is 36.9 Å². The van der Waals surface area contributed by atoms with E-state index in [1.54, 1.807) is 0 Å². The van der Waals surface area contributed by atoms with Crippen molar-refractivity contribution >= 4 is 11.6 Å². The standard InChI is InChI=1S/C14H20N2O/c1-16(2)12-7-5-11(6-8-12)14(13(15)17)9-3-4-10-14/h5-8H,3-4,9-10H2,1-2H3,(H2,15,17). The van der Waals surface area contributed by atoms with E-state index in [4.69, 9.17) is 5.73 Å². The first-order valence-electron chi connectivity index (χ1n) is 6.14. The summed E-state index contributed by atoms with van der Waals surface area (Å²) >= 11 is 0. The molecule has 0 radical (unpaired) electrons. The minimum absolute atomic E-state index is 0.174. The van der Waals surface area contributed by atoms with Crippen molar-refractivity contribution < 1.29 is 4.79 Å². The van der Waals surface area contributed by atoms with Crippen LogP contribution in [-0.4, -0.2) is 20.0 Å². The molecule has 3 nitrogen and oxygen atoms in total. The van der Waals surface area contributed by atoms with Crippen molar-refractivity contribution in [2.75, 3.05) is 19.0 Å². The summed E-state index contributed by atoms with van der Waals surface area (Å²) in [5.74, 6) is -0.174. The lowest BCUT2D eigenvalue weighted by Gasteiger charge is -2.26. The zero-order valence-electron chi connectivity index (χ0n) is 10.6. The van der Waals surface area contributed by atoms with E-state index in [0.29, 0.717) is 0 Å². The van der Waals surface area contributed by atoms with Crippen molar-refractivity contribution in [2.45, 2.75) is 31.1 Å². The molecule has 1 saturated carbocycles. The molecule has 1 aromatic carbocycles. The number of primary amides is 1. The first-order chi connectivity index (χ1) is 8.06. The van der Waals surface area contributed by atoms with E-state index < -0.39 is 5.41 Å². The molecule has 0 aliphatic heterocycles. The molecule has 1 aliphatic carbocycles. The largest absolute Gasteiger partial charge is 0.378 e. The van der Waals surface area contributed by atoms with E-state index in [-0.39, 0.29) is 5.91 Å². The Kier molecular flexibility index (Phi) is 3.09.